The molecule has 4 aliphatic rings. The first-order valence-electron chi connectivity index (χ1n) is 9.97. The van der Waals surface area contributed by atoms with Gasteiger partial charge in [-0.3, -0.25) is 9.69 Å². The van der Waals surface area contributed by atoms with E-state index in [9.17, 15) is 4.79 Å². The molecule has 25 heavy (non-hydrogen) atoms. The number of amides is 1. The zero-order chi connectivity index (χ0) is 17.4. The van der Waals surface area contributed by atoms with Gasteiger partial charge in [-0.05, 0) is 87.1 Å². The molecule has 3 N–H and O–H groups in total. The zero-order valence-electron chi connectivity index (χ0n) is 15.3. The second-order valence-electron chi connectivity index (χ2n) is 8.60. The van der Waals surface area contributed by atoms with Crippen LogP contribution in [0.3, 0.4) is 0 Å². The Kier molecular flexibility index (Phi) is 4.48. The quantitative estimate of drug-likeness (QED) is 0.781. The topological polar surface area (TPSA) is 58.4 Å². The highest BCUT2D eigenvalue weighted by molar-refractivity contribution is 5.94. The van der Waals surface area contributed by atoms with Crippen LogP contribution in [0.2, 0.25) is 0 Å². The smallest absolute Gasteiger partial charge is 0.251 e. The number of carbonyl (C=O) groups excluding carboxylic acids is 1. The number of nitrogens with one attached hydrogen (secondary N) is 1. The van der Waals surface area contributed by atoms with Crippen molar-refractivity contribution < 1.29 is 4.79 Å². The Bertz CT molecular complexity index is 589. The highest BCUT2D eigenvalue weighted by Gasteiger charge is 2.52. The lowest BCUT2D eigenvalue weighted by atomic mass is 9.52. The number of anilines is 1. The van der Waals surface area contributed by atoms with Crippen LogP contribution in [-0.4, -0.2) is 36.0 Å². The first-order valence-corrected chi connectivity index (χ1v) is 9.97. The van der Waals surface area contributed by atoms with Gasteiger partial charge in [0.2, 0.25) is 0 Å². The number of rotatable bonds is 6. The summed E-state index contributed by atoms with van der Waals surface area (Å²) in [6.07, 6.45) is 8.59. The highest BCUT2D eigenvalue weighted by Crippen LogP contribution is 2.57. The lowest BCUT2D eigenvalue weighted by Crippen LogP contribution is -2.60. The van der Waals surface area contributed by atoms with E-state index >= 15 is 0 Å². The van der Waals surface area contributed by atoms with Gasteiger partial charge in [-0.2, -0.15) is 0 Å². The predicted molar refractivity (Wildman–Crippen MR) is 101 cm³/mol. The third-order valence-corrected chi connectivity index (χ3v) is 6.90. The maximum absolute atomic E-state index is 12.3. The number of likely N-dealkylation sites (N-methyl/N-ethyl adjacent to an activating group) is 1. The molecule has 1 aromatic carbocycles. The molecular formula is C21H31N3O. The summed E-state index contributed by atoms with van der Waals surface area (Å²) in [5.41, 5.74) is 7.49. The molecule has 4 heteroatoms. The molecule has 4 fully saturated rings. The fourth-order valence-electron chi connectivity index (χ4n) is 6.22. The lowest BCUT2D eigenvalue weighted by Gasteiger charge is -2.60. The van der Waals surface area contributed by atoms with E-state index in [0.29, 0.717) is 16.8 Å². The van der Waals surface area contributed by atoms with Gasteiger partial charge in [-0.15, -0.1) is 0 Å². The molecular weight excluding hydrogens is 310 g/mol. The molecule has 0 saturated heterocycles. The Labute approximate surface area is 151 Å². The molecule has 1 aromatic rings. The summed E-state index contributed by atoms with van der Waals surface area (Å²) in [7, 11) is 0. The number of carbonyl (C=O) groups is 1. The van der Waals surface area contributed by atoms with Crippen molar-refractivity contribution in [1.29, 1.82) is 0 Å². The average Bonchev–Trinajstić information content (AvgIpc) is 2.57. The second-order valence-corrected chi connectivity index (χ2v) is 8.60. The van der Waals surface area contributed by atoms with Gasteiger partial charge in [0.1, 0.15) is 0 Å². The van der Waals surface area contributed by atoms with Crippen LogP contribution in [0.1, 0.15) is 55.8 Å². The minimum atomic E-state index is 0.00145. The number of hydrogen-bond donors (Lipinski definition) is 2. The first kappa shape index (κ1) is 16.9. The highest BCUT2D eigenvalue weighted by atomic mass is 16.1. The van der Waals surface area contributed by atoms with Gasteiger partial charge in [-0.25, -0.2) is 0 Å². The van der Waals surface area contributed by atoms with E-state index in [-0.39, 0.29) is 5.91 Å². The van der Waals surface area contributed by atoms with Crippen molar-refractivity contribution in [2.45, 2.75) is 51.0 Å². The Morgan fingerprint density at radius 3 is 2.20 bits per heavy atom. The molecule has 0 spiro atoms. The molecule has 5 rings (SSSR count). The summed E-state index contributed by atoms with van der Waals surface area (Å²) in [5.74, 6) is 2.89. The Balaban J connectivity index is 1.35. The zero-order valence-corrected chi connectivity index (χ0v) is 15.3. The third kappa shape index (κ3) is 3.29. The number of nitrogens with zero attached hydrogens (tertiary/aromatic N) is 1. The Hall–Kier alpha value is -1.55. The summed E-state index contributed by atoms with van der Waals surface area (Å²) in [6, 6.07) is 7.15. The lowest BCUT2D eigenvalue weighted by molar-refractivity contribution is -0.0863. The number of benzene rings is 1. The van der Waals surface area contributed by atoms with Crippen LogP contribution in [0.25, 0.3) is 0 Å². The fraction of sp³-hybridized carbons (Fsp3) is 0.667. The van der Waals surface area contributed by atoms with E-state index in [1.807, 2.05) is 0 Å². The molecule has 0 unspecified atom stereocenters. The molecule has 4 bridgehead atoms. The van der Waals surface area contributed by atoms with Crippen LogP contribution in [0, 0.1) is 17.8 Å². The van der Waals surface area contributed by atoms with Crippen LogP contribution in [-0.2, 0) is 0 Å². The first-order chi connectivity index (χ1) is 12.1. The van der Waals surface area contributed by atoms with Crippen molar-refractivity contribution in [3.05, 3.63) is 29.8 Å². The largest absolute Gasteiger partial charge is 0.399 e. The van der Waals surface area contributed by atoms with E-state index in [1.54, 1.807) is 24.3 Å². The van der Waals surface area contributed by atoms with Gasteiger partial charge in [0.15, 0.2) is 0 Å². The molecule has 0 radical (unpaired) electrons. The van der Waals surface area contributed by atoms with Gasteiger partial charge in [-0.1, -0.05) is 6.92 Å². The number of nitrogens with two attached hydrogens (primary N) is 1. The van der Waals surface area contributed by atoms with Gasteiger partial charge >= 0.3 is 0 Å². The fourth-order valence-corrected chi connectivity index (χ4v) is 6.22. The number of hydrogen-bond acceptors (Lipinski definition) is 3. The van der Waals surface area contributed by atoms with Crippen LogP contribution in [0.5, 0.6) is 0 Å². The standard InChI is InChI=1S/C21H31N3O/c1-2-24(8-7-23-20(25)18-3-5-19(22)6-4-18)21-12-15-9-16(13-21)11-17(10-15)14-21/h3-6,15-17H,2,7-14,22H2,1H3,(H,23,25). The van der Waals surface area contributed by atoms with Crippen LogP contribution >= 0.6 is 0 Å². The van der Waals surface area contributed by atoms with Crippen molar-refractivity contribution >= 4 is 11.6 Å². The van der Waals surface area contributed by atoms with Crippen molar-refractivity contribution in [3.8, 4) is 0 Å². The molecule has 0 atom stereocenters. The van der Waals surface area contributed by atoms with Crippen LogP contribution in [0.15, 0.2) is 24.3 Å². The summed E-state index contributed by atoms with van der Waals surface area (Å²) < 4.78 is 0. The molecule has 0 heterocycles. The summed E-state index contributed by atoms with van der Waals surface area (Å²) in [5, 5.41) is 3.09. The minimum absolute atomic E-state index is 0.00145. The van der Waals surface area contributed by atoms with E-state index in [2.05, 4.69) is 17.1 Å². The molecule has 0 aliphatic heterocycles. The van der Waals surface area contributed by atoms with Crippen molar-refractivity contribution in [1.82, 2.24) is 10.2 Å². The molecule has 1 amide bonds. The summed E-state index contributed by atoms with van der Waals surface area (Å²) in [4.78, 5) is 15.0. The van der Waals surface area contributed by atoms with Gasteiger partial charge < -0.3 is 11.1 Å². The summed E-state index contributed by atoms with van der Waals surface area (Å²) in [6.45, 7) is 5.05. The van der Waals surface area contributed by atoms with E-state index < -0.39 is 0 Å². The van der Waals surface area contributed by atoms with E-state index in [0.717, 1.165) is 37.4 Å². The Morgan fingerprint density at radius 2 is 1.68 bits per heavy atom. The van der Waals surface area contributed by atoms with E-state index in [4.69, 9.17) is 5.73 Å². The molecule has 0 aromatic heterocycles. The van der Waals surface area contributed by atoms with Crippen molar-refractivity contribution in [2.24, 2.45) is 17.8 Å². The molecule has 136 valence electrons. The Morgan fingerprint density at radius 1 is 1.12 bits per heavy atom. The predicted octanol–water partition coefficient (Wildman–Crippen LogP) is 3.29. The van der Waals surface area contributed by atoms with Crippen molar-refractivity contribution in [2.75, 3.05) is 25.4 Å². The van der Waals surface area contributed by atoms with Crippen LogP contribution in [0.4, 0.5) is 5.69 Å². The maximum atomic E-state index is 12.3. The normalized spacial score (nSPS) is 33.0. The molecule has 4 aliphatic carbocycles. The third-order valence-electron chi connectivity index (χ3n) is 6.90. The van der Waals surface area contributed by atoms with E-state index in [1.165, 1.54) is 38.5 Å². The SMILES string of the molecule is CCN(CCNC(=O)c1ccc(N)cc1)C12CC3CC(CC(C3)C1)C2. The second kappa shape index (κ2) is 6.64. The van der Waals surface area contributed by atoms with Crippen LogP contribution < -0.4 is 11.1 Å². The summed E-state index contributed by atoms with van der Waals surface area (Å²) >= 11 is 0. The number of nitrogen functional groups attached to an aromatic ring is 1. The minimum Gasteiger partial charge on any atom is -0.399 e. The van der Waals surface area contributed by atoms with Gasteiger partial charge in [0, 0.05) is 29.9 Å². The average molecular weight is 341 g/mol. The van der Waals surface area contributed by atoms with Gasteiger partial charge in [0.25, 0.3) is 5.91 Å². The monoisotopic (exact) mass is 341 g/mol. The van der Waals surface area contributed by atoms with Gasteiger partial charge in [0.05, 0.1) is 0 Å². The molecule has 4 nitrogen and oxygen atoms in total. The molecule has 4 saturated carbocycles. The maximum Gasteiger partial charge on any atom is 0.251 e. The van der Waals surface area contributed by atoms with Crippen molar-refractivity contribution in [3.63, 3.8) is 0 Å².